The number of carbonyl (C=O) groups excluding carboxylic acids is 2. The molecule has 38 heavy (non-hydrogen) atoms. The second kappa shape index (κ2) is 10.9. The lowest BCUT2D eigenvalue weighted by Gasteiger charge is -2.24. The van der Waals surface area contributed by atoms with Crippen molar-refractivity contribution < 1.29 is 29.3 Å². The highest BCUT2D eigenvalue weighted by atomic mass is 16.6. The van der Waals surface area contributed by atoms with Gasteiger partial charge in [0.05, 0.1) is 5.69 Å². The van der Waals surface area contributed by atoms with Crippen molar-refractivity contribution >= 4 is 23.2 Å². The molecule has 11 nitrogen and oxygen atoms in total. The van der Waals surface area contributed by atoms with Crippen molar-refractivity contribution in [2.24, 2.45) is 5.92 Å². The third kappa shape index (κ3) is 4.86. The van der Waals surface area contributed by atoms with Gasteiger partial charge in [0.25, 0.3) is 5.91 Å². The van der Waals surface area contributed by atoms with Crippen LogP contribution in [0.4, 0.5) is 5.82 Å². The molecule has 0 spiro atoms. The molecule has 11 heteroatoms. The number of rotatable bonds is 7. The number of aliphatic hydroxyl groups excluding tert-OH is 2. The number of esters is 1. The van der Waals surface area contributed by atoms with E-state index in [0.717, 1.165) is 25.7 Å². The van der Waals surface area contributed by atoms with E-state index in [-0.39, 0.29) is 29.9 Å². The fourth-order valence-corrected chi connectivity index (χ4v) is 5.26. The number of aliphatic hydroxyl groups is 2. The van der Waals surface area contributed by atoms with Crippen molar-refractivity contribution in [1.82, 2.24) is 14.6 Å². The summed E-state index contributed by atoms with van der Waals surface area (Å²) < 4.78 is 12.6. The zero-order valence-electron chi connectivity index (χ0n) is 20.7. The molecule has 0 bridgehead atoms. The van der Waals surface area contributed by atoms with Gasteiger partial charge in [-0.2, -0.15) is 10.4 Å². The van der Waals surface area contributed by atoms with Crippen LogP contribution in [0.15, 0.2) is 48.8 Å². The third-order valence-corrected chi connectivity index (χ3v) is 7.31. The van der Waals surface area contributed by atoms with Crippen molar-refractivity contribution in [2.75, 3.05) is 11.9 Å². The fraction of sp³-hybridized carbons (Fsp3) is 0.444. The number of nitriles is 1. The van der Waals surface area contributed by atoms with E-state index < -0.39 is 29.9 Å². The molecule has 2 fully saturated rings. The second-order valence-corrected chi connectivity index (χ2v) is 9.77. The Balaban J connectivity index is 1.34. The molecule has 1 saturated carbocycles. The number of ether oxygens (including phenoxy) is 2. The van der Waals surface area contributed by atoms with Crippen molar-refractivity contribution in [2.45, 2.75) is 62.4 Å². The van der Waals surface area contributed by atoms with Gasteiger partial charge in [0, 0.05) is 12.0 Å². The molecule has 3 N–H and O–H groups in total. The predicted molar refractivity (Wildman–Crippen MR) is 134 cm³/mol. The number of fused-ring (bicyclic) bond motifs is 1. The van der Waals surface area contributed by atoms with Crippen LogP contribution in [0.25, 0.3) is 5.52 Å². The molecule has 1 aliphatic carbocycles. The number of amides is 1. The van der Waals surface area contributed by atoms with Gasteiger partial charge in [0.15, 0.2) is 5.82 Å². The van der Waals surface area contributed by atoms with Gasteiger partial charge < -0.3 is 25.0 Å². The standard InChI is InChI=1S/C27H29N5O6/c28-15-27(24(35)23(34)20(38-27)14-37-22(33)13-17-7-3-1-4-8-17)21-12-11-19-25(29-16-30-32(19)21)31-26(36)18-9-5-2-6-10-18/h2,5-6,9-12,16-17,20,23-24,34-35H,1,3-4,7-8,13-14H2,(H,29,30,31,36)/t20-,23-,24-,27+/m1/s1. The summed E-state index contributed by atoms with van der Waals surface area (Å²) in [5, 5.41) is 38.7. The number of aromatic nitrogens is 3. The summed E-state index contributed by atoms with van der Waals surface area (Å²) in [6.07, 6.45) is 2.61. The monoisotopic (exact) mass is 519 g/mol. The summed E-state index contributed by atoms with van der Waals surface area (Å²) in [6.45, 7) is -0.302. The maximum atomic E-state index is 12.7. The average Bonchev–Trinajstić information content (AvgIpc) is 3.49. The van der Waals surface area contributed by atoms with Crippen LogP contribution in [0, 0.1) is 17.2 Å². The summed E-state index contributed by atoms with van der Waals surface area (Å²) in [6, 6.07) is 13.7. The Hall–Kier alpha value is -3.85. The van der Waals surface area contributed by atoms with E-state index in [4.69, 9.17) is 9.47 Å². The van der Waals surface area contributed by atoms with Crippen molar-refractivity contribution in [3.8, 4) is 6.07 Å². The van der Waals surface area contributed by atoms with Gasteiger partial charge in [0.2, 0.25) is 5.60 Å². The molecule has 2 aromatic heterocycles. The minimum Gasteiger partial charge on any atom is -0.463 e. The van der Waals surface area contributed by atoms with Crippen LogP contribution < -0.4 is 5.32 Å². The molecular formula is C27H29N5O6. The number of benzene rings is 1. The van der Waals surface area contributed by atoms with Crippen LogP contribution >= 0.6 is 0 Å². The SMILES string of the molecule is N#C[C@@]1(c2ccc3c(NC(=O)c4ccccc4)ncnn23)O[C@H](COC(=O)CC2CCCCC2)[C@@H](O)[C@H]1O. The number of nitrogens with one attached hydrogen (secondary N) is 1. The molecule has 4 atom stereocenters. The van der Waals surface area contributed by atoms with Gasteiger partial charge in [-0.25, -0.2) is 9.50 Å². The molecule has 3 heterocycles. The quantitative estimate of drug-likeness (QED) is 0.398. The Labute approximate surface area is 219 Å². The number of hydrogen-bond donors (Lipinski definition) is 3. The van der Waals surface area contributed by atoms with E-state index in [2.05, 4.69) is 15.4 Å². The molecule has 5 rings (SSSR count). The highest BCUT2D eigenvalue weighted by Crippen LogP contribution is 2.40. The summed E-state index contributed by atoms with van der Waals surface area (Å²) in [7, 11) is 0. The molecule has 1 saturated heterocycles. The number of carbonyl (C=O) groups is 2. The lowest BCUT2D eigenvalue weighted by Crippen LogP contribution is -2.41. The van der Waals surface area contributed by atoms with Crippen LogP contribution in [-0.4, -0.2) is 61.6 Å². The number of hydrogen-bond acceptors (Lipinski definition) is 9. The van der Waals surface area contributed by atoms with E-state index in [1.807, 2.05) is 6.07 Å². The molecule has 1 aromatic carbocycles. The predicted octanol–water partition coefficient (Wildman–Crippen LogP) is 2.33. The first kappa shape index (κ1) is 25.8. The Bertz CT molecular complexity index is 1350. The third-order valence-electron chi connectivity index (χ3n) is 7.31. The van der Waals surface area contributed by atoms with Gasteiger partial charge in [-0.1, -0.05) is 37.5 Å². The molecular weight excluding hydrogens is 490 g/mol. The Morgan fingerprint density at radius 3 is 2.66 bits per heavy atom. The summed E-state index contributed by atoms with van der Waals surface area (Å²) >= 11 is 0. The highest BCUT2D eigenvalue weighted by Gasteiger charge is 2.57. The molecule has 0 radical (unpaired) electrons. The van der Waals surface area contributed by atoms with Crippen LogP contribution in [0.3, 0.4) is 0 Å². The summed E-state index contributed by atoms with van der Waals surface area (Å²) in [5.41, 5.74) is -1.08. The summed E-state index contributed by atoms with van der Waals surface area (Å²) in [4.78, 5) is 29.2. The topological polar surface area (TPSA) is 159 Å². The van der Waals surface area contributed by atoms with Gasteiger partial charge in [0.1, 0.15) is 42.8 Å². The Kier molecular flexibility index (Phi) is 7.37. The molecule has 1 aliphatic heterocycles. The maximum Gasteiger partial charge on any atom is 0.306 e. The van der Waals surface area contributed by atoms with Crippen LogP contribution in [-0.2, 0) is 19.9 Å². The van der Waals surface area contributed by atoms with Gasteiger partial charge in [-0.15, -0.1) is 0 Å². The smallest absolute Gasteiger partial charge is 0.306 e. The molecule has 3 aromatic rings. The second-order valence-electron chi connectivity index (χ2n) is 9.77. The molecule has 1 amide bonds. The average molecular weight is 520 g/mol. The van der Waals surface area contributed by atoms with E-state index in [9.17, 15) is 25.1 Å². The van der Waals surface area contributed by atoms with Crippen molar-refractivity contribution in [3.05, 3.63) is 60.0 Å². The largest absolute Gasteiger partial charge is 0.463 e. The molecule has 2 aliphatic rings. The zero-order valence-corrected chi connectivity index (χ0v) is 20.7. The van der Waals surface area contributed by atoms with Gasteiger partial charge >= 0.3 is 5.97 Å². The highest BCUT2D eigenvalue weighted by molar-refractivity contribution is 6.05. The summed E-state index contributed by atoms with van der Waals surface area (Å²) in [5.74, 6) is -0.296. The normalized spacial score (nSPS) is 25.7. The lowest BCUT2D eigenvalue weighted by atomic mass is 9.87. The number of nitrogens with zero attached hydrogens (tertiary/aromatic N) is 4. The van der Waals surface area contributed by atoms with E-state index in [1.165, 1.54) is 23.3 Å². The molecule has 0 unspecified atom stereocenters. The lowest BCUT2D eigenvalue weighted by molar-refractivity contribution is -0.152. The minimum absolute atomic E-state index is 0.134. The van der Waals surface area contributed by atoms with Crippen LogP contribution in [0.2, 0.25) is 0 Å². The maximum absolute atomic E-state index is 12.7. The first-order valence-corrected chi connectivity index (χ1v) is 12.7. The van der Waals surface area contributed by atoms with Gasteiger partial charge in [-0.05, 0) is 43.0 Å². The van der Waals surface area contributed by atoms with E-state index in [0.29, 0.717) is 17.5 Å². The Morgan fingerprint density at radius 1 is 1.16 bits per heavy atom. The van der Waals surface area contributed by atoms with E-state index in [1.54, 1.807) is 36.4 Å². The van der Waals surface area contributed by atoms with Crippen molar-refractivity contribution in [3.63, 3.8) is 0 Å². The molecule has 198 valence electrons. The number of anilines is 1. The first-order valence-electron chi connectivity index (χ1n) is 12.7. The van der Waals surface area contributed by atoms with Crippen LogP contribution in [0.5, 0.6) is 0 Å². The Morgan fingerprint density at radius 2 is 1.92 bits per heavy atom. The van der Waals surface area contributed by atoms with Gasteiger partial charge in [-0.3, -0.25) is 9.59 Å². The van der Waals surface area contributed by atoms with Crippen molar-refractivity contribution in [1.29, 1.82) is 5.26 Å². The van der Waals surface area contributed by atoms with E-state index >= 15 is 0 Å². The van der Waals surface area contributed by atoms with Crippen LogP contribution in [0.1, 0.15) is 54.6 Å². The minimum atomic E-state index is -2.00. The zero-order chi connectivity index (χ0) is 26.7. The fourth-order valence-electron chi connectivity index (χ4n) is 5.26. The first-order chi connectivity index (χ1) is 18.4.